The third-order valence-electron chi connectivity index (χ3n) is 4.18. The van der Waals surface area contributed by atoms with Gasteiger partial charge in [0.25, 0.3) is 0 Å². The summed E-state index contributed by atoms with van der Waals surface area (Å²) < 4.78 is 1.09. The number of rotatable bonds is 5. The molecule has 0 bridgehead atoms. The van der Waals surface area contributed by atoms with E-state index in [1.54, 1.807) is 0 Å². The zero-order valence-corrected chi connectivity index (χ0v) is 13.4. The molecule has 1 aliphatic carbocycles. The summed E-state index contributed by atoms with van der Waals surface area (Å²) in [6, 6.07) is 8.24. The molecule has 20 heavy (non-hydrogen) atoms. The van der Waals surface area contributed by atoms with E-state index in [2.05, 4.69) is 33.4 Å². The van der Waals surface area contributed by atoms with Crippen LogP contribution in [0.25, 0.3) is 0 Å². The standard InChI is InChI=1S/C16H23BrN2O/c17-15-7-3-12(4-8-15)9-10-19-16(20)14-5-1-13(11-18)2-6-14/h3-4,7-8,13-14H,1-2,5-6,9-11,18H2,(H,19,20). The van der Waals surface area contributed by atoms with Crippen LogP contribution in [0, 0.1) is 11.8 Å². The summed E-state index contributed by atoms with van der Waals surface area (Å²) in [7, 11) is 0. The van der Waals surface area contributed by atoms with Crippen molar-refractivity contribution in [2.75, 3.05) is 13.1 Å². The molecule has 0 atom stereocenters. The van der Waals surface area contributed by atoms with Crippen molar-refractivity contribution in [1.29, 1.82) is 0 Å². The predicted molar refractivity (Wildman–Crippen MR) is 85.4 cm³/mol. The lowest BCUT2D eigenvalue weighted by atomic mass is 9.81. The summed E-state index contributed by atoms with van der Waals surface area (Å²) in [4.78, 5) is 12.1. The monoisotopic (exact) mass is 338 g/mol. The van der Waals surface area contributed by atoms with Crippen molar-refractivity contribution < 1.29 is 4.79 Å². The Morgan fingerprint density at radius 1 is 1.20 bits per heavy atom. The van der Waals surface area contributed by atoms with E-state index >= 15 is 0 Å². The van der Waals surface area contributed by atoms with Gasteiger partial charge in [0, 0.05) is 16.9 Å². The molecule has 2 rings (SSSR count). The Hall–Kier alpha value is -0.870. The van der Waals surface area contributed by atoms with E-state index in [0.717, 1.165) is 49.7 Å². The fourth-order valence-corrected chi connectivity index (χ4v) is 3.05. The summed E-state index contributed by atoms with van der Waals surface area (Å²) in [6.07, 6.45) is 5.07. The Kier molecular flexibility index (Phi) is 6.05. The van der Waals surface area contributed by atoms with Crippen molar-refractivity contribution in [3.05, 3.63) is 34.3 Å². The Labute approximate surface area is 129 Å². The van der Waals surface area contributed by atoms with Gasteiger partial charge in [-0.25, -0.2) is 0 Å². The summed E-state index contributed by atoms with van der Waals surface area (Å²) in [5, 5.41) is 3.07. The lowest BCUT2D eigenvalue weighted by molar-refractivity contribution is -0.126. The highest BCUT2D eigenvalue weighted by molar-refractivity contribution is 9.10. The van der Waals surface area contributed by atoms with Crippen molar-refractivity contribution in [3.8, 4) is 0 Å². The average Bonchev–Trinajstić information content (AvgIpc) is 2.49. The second-order valence-corrected chi connectivity index (χ2v) is 6.54. The van der Waals surface area contributed by atoms with E-state index in [0.29, 0.717) is 5.92 Å². The van der Waals surface area contributed by atoms with Crippen LogP contribution in [0.5, 0.6) is 0 Å². The topological polar surface area (TPSA) is 55.1 Å². The van der Waals surface area contributed by atoms with Crippen molar-refractivity contribution in [2.24, 2.45) is 17.6 Å². The van der Waals surface area contributed by atoms with Gasteiger partial charge in [-0.05, 0) is 62.3 Å². The van der Waals surface area contributed by atoms with Crippen LogP contribution in [-0.4, -0.2) is 19.0 Å². The lowest BCUT2D eigenvalue weighted by Crippen LogP contribution is -2.35. The summed E-state index contributed by atoms with van der Waals surface area (Å²) in [6.45, 7) is 1.48. The minimum atomic E-state index is 0.197. The maximum Gasteiger partial charge on any atom is 0.223 e. The van der Waals surface area contributed by atoms with E-state index in [1.165, 1.54) is 5.56 Å². The zero-order chi connectivity index (χ0) is 14.4. The normalized spacial score (nSPS) is 22.5. The maximum absolute atomic E-state index is 12.1. The first kappa shape index (κ1) is 15.5. The van der Waals surface area contributed by atoms with Crippen LogP contribution < -0.4 is 11.1 Å². The number of carbonyl (C=O) groups is 1. The van der Waals surface area contributed by atoms with Crippen LogP contribution in [0.3, 0.4) is 0 Å². The Morgan fingerprint density at radius 3 is 2.45 bits per heavy atom. The van der Waals surface area contributed by atoms with Gasteiger partial charge in [-0.1, -0.05) is 28.1 Å². The molecule has 110 valence electrons. The maximum atomic E-state index is 12.1. The van der Waals surface area contributed by atoms with E-state index in [1.807, 2.05) is 12.1 Å². The molecule has 0 spiro atoms. The van der Waals surface area contributed by atoms with E-state index in [-0.39, 0.29) is 11.8 Å². The number of benzene rings is 1. The largest absolute Gasteiger partial charge is 0.356 e. The lowest BCUT2D eigenvalue weighted by Gasteiger charge is -2.26. The molecule has 0 aromatic heterocycles. The van der Waals surface area contributed by atoms with Gasteiger partial charge in [0.05, 0.1) is 0 Å². The second-order valence-electron chi connectivity index (χ2n) is 5.62. The molecule has 1 aromatic carbocycles. The third kappa shape index (κ3) is 4.60. The molecule has 1 saturated carbocycles. The number of hydrogen-bond donors (Lipinski definition) is 2. The van der Waals surface area contributed by atoms with Gasteiger partial charge in [0.2, 0.25) is 5.91 Å². The summed E-state index contributed by atoms with van der Waals surface area (Å²) in [5.41, 5.74) is 6.93. The molecule has 3 nitrogen and oxygen atoms in total. The number of hydrogen-bond acceptors (Lipinski definition) is 2. The first-order valence-electron chi connectivity index (χ1n) is 7.41. The van der Waals surface area contributed by atoms with Gasteiger partial charge >= 0.3 is 0 Å². The quantitative estimate of drug-likeness (QED) is 0.867. The molecule has 4 heteroatoms. The van der Waals surface area contributed by atoms with Gasteiger partial charge < -0.3 is 11.1 Å². The van der Waals surface area contributed by atoms with Crippen LogP contribution in [0.1, 0.15) is 31.2 Å². The Balaban J connectivity index is 1.69. The fraction of sp³-hybridized carbons (Fsp3) is 0.562. The van der Waals surface area contributed by atoms with Crippen LogP contribution in [0.4, 0.5) is 0 Å². The van der Waals surface area contributed by atoms with E-state index < -0.39 is 0 Å². The van der Waals surface area contributed by atoms with Crippen LogP contribution in [-0.2, 0) is 11.2 Å². The van der Waals surface area contributed by atoms with Crippen molar-refractivity contribution in [2.45, 2.75) is 32.1 Å². The molecule has 3 N–H and O–H groups in total. The number of nitrogens with one attached hydrogen (secondary N) is 1. The Morgan fingerprint density at radius 2 is 1.85 bits per heavy atom. The highest BCUT2D eigenvalue weighted by Crippen LogP contribution is 2.28. The number of nitrogens with two attached hydrogens (primary N) is 1. The minimum Gasteiger partial charge on any atom is -0.356 e. The van der Waals surface area contributed by atoms with Gasteiger partial charge in [0.1, 0.15) is 0 Å². The van der Waals surface area contributed by atoms with Crippen LogP contribution in [0.15, 0.2) is 28.7 Å². The number of carbonyl (C=O) groups excluding carboxylic acids is 1. The molecule has 0 unspecified atom stereocenters. The SMILES string of the molecule is NCC1CCC(C(=O)NCCc2ccc(Br)cc2)CC1. The average molecular weight is 339 g/mol. The van der Waals surface area contributed by atoms with E-state index in [9.17, 15) is 4.79 Å². The van der Waals surface area contributed by atoms with Crippen LogP contribution >= 0.6 is 15.9 Å². The third-order valence-corrected chi connectivity index (χ3v) is 4.71. The van der Waals surface area contributed by atoms with Gasteiger partial charge in [0.15, 0.2) is 0 Å². The molecule has 1 aromatic rings. The van der Waals surface area contributed by atoms with Gasteiger partial charge in [-0.3, -0.25) is 4.79 Å². The molecule has 0 aliphatic heterocycles. The molecule has 1 amide bonds. The molecule has 0 heterocycles. The molecule has 1 aliphatic rings. The smallest absolute Gasteiger partial charge is 0.223 e. The highest BCUT2D eigenvalue weighted by atomic mass is 79.9. The van der Waals surface area contributed by atoms with Crippen molar-refractivity contribution in [1.82, 2.24) is 5.32 Å². The second kappa shape index (κ2) is 7.79. The molecule has 0 saturated heterocycles. The number of halogens is 1. The summed E-state index contributed by atoms with van der Waals surface area (Å²) >= 11 is 3.42. The van der Waals surface area contributed by atoms with Gasteiger partial charge in [-0.15, -0.1) is 0 Å². The summed E-state index contributed by atoms with van der Waals surface area (Å²) in [5.74, 6) is 1.04. The van der Waals surface area contributed by atoms with Crippen molar-refractivity contribution >= 4 is 21.8 Å². The van der Waals surface area contributed by atoms with Crippen LogP contribution in [0.2, 0.25) is 0 Å². The molecular weight excluding hydrogens is 316 g/mol. The zero-order valence-electron chi connectivity index (χ0n) is 11.8. The fourth-order valence-electron chi connectivity index (χ4n) is 2.79. The van der Waals surface area contributed by atoms with Gasteiger partial charge in [-0.2, -0.15) is 0 Å². The van der Waals surface area contributed by atoms with Crippen molar-refractivity contribution in [3.63, 3.8) is 0 Å². The first-order chi connectivity index (χ1) is 9.69. The number of amides is 1. The predicted octanol–water partition coefficient (Wildman–Crippen LogP) is 2.87. The Bertz CT molecular complexity index is 425. The molecule has 1 fully saturated rings. The molecule has 0 radical (unpaired) electrons. The molecular formula is C16H23BrN2O. The van der Waals surface area contributed by atoms with E-state index in [4.69, 9.17) is 5.73 Å². The first-order valence-corrected chi connectivity index (χ1v) is 8.20. The highest BCUT2D eigenvalue weighted by Gasteiger charge is 2.25. The minimum absolute atomic E-state index is 0.197.